The second-order valence-corrected chi connectivity index (χ2v) is 8.69. The lowest BCUT2D eigenvalue weighted by molar-refractivity contribution is -0.0381. The number of hydrogen-bond donors (Lipinski definition) is 2. The molecule has 0 saturated heterocycles. The minimum atomic E-state index is -1.29. The van der Waals surface area contributed by atoms with Crippen LogP contribution in [0.3, 0.4) is 0 Å². The Balaban J connectivity index is 1.33. The van der Waals surface area contributed by atoms with Crippen LogP contribution in [-0.2, 0) is 6.42 Å². The molecule has 0 aromatic heterocycles. The highest BCUT2D eigenvalue weighted by atomic mass is 16.5. The zero-order valence-corrected chi connectivity index (χ0v) is 16.7. The van der Waals surface area contributed by atoms with Gasteiger partial charge >= 0.3 is 0 Å². The number of fused-ring (bicyclic) bond motifs is 1. The summed E-state index contributed by atoms with van der Waals surface area (Å²) in [6.45, 7) is 0. The molecule has 2 N–H and O–H groups in total. The maximum Gasteiger partial charge on any atom is 0.155 e. The molecule has 1 fully saturated rings. The summed E-state index contributed by atoms with van der Waals surface area (Å²) in [6.07, 6.45) is 14.8. The summed E-state index contributed by atoms with van der Waals surface area (Å²) in [5, 5.41) is 18.2. The van der Waals surface area contributed by atoms with Crippen molar-refractivity contribution in [2.45, 2.75) is 50.7 Å². The van der Waals surface area contributed by atoms with Gasteiger partial charge in [0.2, 0.25) is 0 Å². The first-order valence-electron chi connectivity index (χ1n) is 10.9. The van der Waals surface area contributed by atoms with E-state index in [0.717, 1.165) is 17.9 Å². The van der Waals surface area contributed by atoms with Crippen molar-refractivity contribution in [3.05, 3.63) is 88.5 Å². The predicted octanol–water partition coefficient (Wildman–Crippen LogP) is 5.71. The summed E-state index contributed by atoms with van der Waals surface area (Å²) in [4.78, 5) is 0. The van der Waals surface area contributed by atoms with Crippen molar-refractivity contribution in [1.29, 1.82) is 0 Å². The van der Waals surface area contributed by atoms with Crippen molar-refractivity contribution < 1.29 is 10.2 Å². The van der Waals surface area contributed by atoms with Gasteiger partial charge in [-0.15, -0.1) is 0 Å². The summed E-state index contributed by atoms with van der Waals surface area (Å²) in [5.41, 5.74) is 8.98. The van der Waals surface area contributed by atoms with Crippen LogP contribution in [0.2, 0.25) is 0 Å². The first-order valence-corrected chi connectivity index (χ1v) is 10.9. The summed E-state index contributed by atoms with van der Waals surface area (Å²) >= 11 is 0. The Hall–Kier alpha value is -2.42. The lowest BCUT2D eigenvalue weighted by atomic mass is 9.86. The average molecular weight is 385 g/mol. The summed E-state index contributed by atoms with van der Waals surface area (Å²) in [6, 6.07) is 15.1. The summed E-state index contributed by atoms with van der Waals surface area (Å²) < 4.78 is 0. The number of aliphatic hydroxyl groups excluding tert-OH is 1. The molecule has 2 nitrogen and oxygen atoms in total. The number of allylic oxidation sites excluding steroid dienone is 5. The maximum atomic E-state index is 9.12. The molecule has 2 aromatic rings. The Bertz CT molecular complexity index is 986. The third-order valence-electron chi connectivity index (χ3n) is 6.78. The summed E-state index contributed by atoms with van der Waals surface area (Å²) in [7, 11) is 0. The number of hydrogen-bond acceptors (Lipinski definition) is 2. The summed E-state index contributed by atoms with van der Waals surface area (Å²) in [5.74, 6) is 1.46. The molecular weight excluding hydrogens is 356 g/mol. The second-order valence-electron chi connectivity index (χ2n) is 8.69. The van der Waals surface area contributed by atoms with Crippen molar-refractivity contribution in [2.75, 3.05) is 0 Å². The molecule has 1 saturated carbocycles. The van der Waals surface area contributed by atoms with Crippen LogP contribution < -0.4 is 0 Å². The van der Waals surface area contributed by atoms with Crippen LogP contribution in [0.25, 0.3) is 17.2 Å². The van der Waals surface area contributed by atoms with Gasteiger partial charge in [0.05, 0.1) is 0 Å². The quantitative estimate of drug-likeness (QED) is 0.648. The van der Waals surface area contributed by atoms with Crippen LogP contribution in [0.15, 0.2) is 60.7 Å². The highest BCUT2D eigenvalue weighted by molar-refractivity contribution is 5.90. The third kappa shape index (κ3) is 3.75. The van der Waals surface area contributed by atoms with Crippen LogP contribution in [0, 0.1) is 5.92 Å². The van der Waals surface area contributed by atoms with E-state index in [-0.39, 0.29) is 6.42 Å². The first kappa shape index (κ1) is 18.6. The predicted molar refractivity (Wildman–Crippen MR) is 119 cm³/mol. The van der Waals surface area contributed by atoms with Gasteiger partial charge in [-0.1, -0.05) is 73.5 Å². The standard InChI is InChI=1S/C27H28O2/c28-27(29)15-18-5-7-19(8-6-18)21-9-10-22(16-21)23-11-13-26-24(17-23)12-14-25(26)20-3-1-2-4-20/h5-8,10-14,16-17,20,25,27-29H,1-4,9,15H2. The van der Waals surface area contributed by atoms with E-state index >= 15 is 0 Å². The zero-order valence-electron chi connectivity index (χ0n) is 16.7. The Morgan fingerprint density at radius 1 is 0.931 bits per heavy atom. The van der Waals surface area contributed by atoms with Crippen molar-refractivity contribution >= 4 is 17.2 Å². The van der Waals surface area contributed by atoms with E-state index in [1.54, 1.807) is 0 Å². The molecule has 0 spiro atoms. The highest BCUT2D eigenvalue weighted by Crippen LogP contribution is 2.44. The molecule has 148 valence electrons. The zero-order chi connectivity index (χ0) is 19.8. The lowest BCUT2D eigenvalue weighted by Gasteiger charge is -2.18. The van der Waals surface area contributed by atoms with Crippen LogP contribution in [0.5, 0.6) is 0 Å². The van der Waals surface area contributed by atoms with E-state index in [0.29, 0.717) is 5.92 Å². The molecule has 3 aliphatic carbocycles. The van der Waals surface area contributed by atoms with E-state index in [2.05, 4.69) is 54.6 Å². The van der Waals surface area contributed by atoms with Gasteiger partial charge in [0.25, 0.3) is 0 Å². The number of benzene rings is 2. The fraction of sp³-hybridized carbons (Fsp3) is 0.333. The van der Waals surface area contributed by atoms with Crippen molar-refractivity contribution in [3.8, 4) is 0 Å². The molecule has 2 heteroatoms. The van der Waals surface area contributed by atoms with Gasteiger partial charge in [-0.2, -0.15) is 0 Å². The second kappa shape index (κ2) is 7.78. The van der Waals surface area contributed by atoms with Crippen LogP contribution in [-0.4, -0.2) is 16.5 Å². The van der Waals surface area contributed by atoms with Gasteiger partial charge in [-0.25, -0.2) is 0 Å². The Labute approximate surface area is 172 Å². The third-order valence-corrected chi connectivity index (χ3v) is 6.78. The normalized spacial score (nSPS) is 21.0. The van der Waals surface area contributed by atoms with Crippen molar-refractivity contribution in [1.82, 2.24) is 0 Å². The fourth-order valence-corrected chi connectivity index (χ4v) is 5.23. The van der Waals surface area contributed by atoms with Gasteiger partial charge in [0, 0.05) is 12.3 Å². The molecular formula is C27H28O2. The minimum Gasteiger partial charge on any atom is -0.368 e. The highest BCUT2D eigenvalue weighted by Gasteiger charge is 2.28. The average Bonchev–Trinajstić information content (AvgIpc) is 3.47. The molecule has 2 aromatic carbocycles. The topological polar surface area (TPSA) is 40.5 Å². The van der Waals surface area contributed by atoms with E-state index in [9.17, 15) is 0 Å². The van der Waals surface area contributed by atoms with Crippen molar-refractivity contribution in [3.63, 3.8) is 0 Å². The SMILES string of the molecule is OC(O)Cc1ccc(C2=CC(c3ccc4c(c3)C=CC4C3CCCC3)=CC2)cc1. The van der Waals surface area contributed by atoms with E-state index in [4.69, 9.17) is 10.2 Å². The Morgan fingerprint density at radius 3 is 2.45 bits per heavy atom. The molecule has 0 amide bonds. The van der Waals surface area contributed by atoms with Gasteiger partial charge in [0.15, 0.2) is 6.29 Å². The minimum absolute atomic E-state index is 0.271. The lowest BCUT2D eigenvalue weighted by Crippen LogP contribution is -2.07. The molecule has 29 heavy (non-hydrogen) atoms. The van der Waals surface area contributed by atoms with Crippen LogP contribution >= 0.6 is 0 Å². The molecule has 5 rings (SSSR count). The van der Waals surface area contributed by atoms with Gasteiger partial charge in [0.1, 0.15) is 0 Å². The van der Waals surface area contributed by atoms with Gasteiger partial charge in [-0.05, 0) is 70.2 Å². The van der Waals surface area contributed by atoms with Crippen molar-refractivity contribution in [2.24, 2.45) is 5.92 Å². The Kier molecular flexibility index (Phi) is 4.99. The van der Waals surface area contributed by atoms with E-state index in [1.807, 2.05) is 12.1 Å². The molecule has 1 atom stereocenters. The van der Waals surface area contributed by atoms with E-state index < -0.39 is 6.29 Å². The largest absolute Gasteiger partial charge is 0.368 e. The molecule has 1 unspecified atom stereocenters. The fourth-order valence-electron chi connectivity index (χ4n) is 5.23. The first-order chi connectivity index (χ1) is 14.2. The molecule has 3 aliphatic rings. The monoisotopic (exact) mass is 384 g/mol. The molecule has 0 heterocycles. The van der Waals surface area contributed by atoms with Crippen LogP contribution in [0.1, 0.15) is 65.8 Å². The number of aliphatic hydroxyl groups is 2. The van der Waals surface area contributed by atoms with Gasteiger partial charge in [-0.3, -0.25) is 0 Å². The smallest absolute Gasteiger partial charge is 0.155 e. The van der Waals surface area contributed by atoms with Gasteiger partial charge < -0.3 is 10.2 Å². The molecule has 0 aliphatic heterocycles. The molecule has 0 bridgehead atoms. The maximum absolute atomic E-state index is 9.12. The number of rotatable bonds is 5. The molecule has 0 radical (unpaired) electrons. The van der Waals surface area contributed by atoms with E-state index in [1.165, 1.54) is 59.1 Å². The van der Waals surface area contributed by atoms with Crippen LogP contribution in [0.4, 0.5) is 0 Å². The Morgan fingerprint density at radius 2 is 1.69 bits per heavy atom.